The summed E-state index contributed by atoms with van der Waals surface area (Å²) in [6, 6.07) is 5.09. The van der Waals surface area contributed by atoms with Crippen LogP contribution in [0.25, 0.3) is 0 Å². The van der Waals surface area contributed by atoms with Crippen molar-refractivity contribution in [3.05, 3.63) is 34.1 Å². The number of hydrogen-bond acceptors (Lipinski definition) is 2. The molecule has 5 heteroatoms. The SMILES string of the molecule is CC(C)(C)[S+]([O-])NC1(c2ccc(Br)cc2F)CCC1. The molecule has 1 N–H and O–H groups in total. The van der Waals surface area contributed by atoms with Crippen LogP contribution in [-0.4, -0.2) is 9.30 Å². The molecule has 1 aromatic rings. The highest BCUT2D eigenvalue weighted by Crippen LogP contribution is 2.44. The number of halogens is 2. The van der Waals surface area contributed by atoms with Gasteiger partial charge in [0.2, 0.25) is 0 Å². The van der Waals surface area contributed by atoms with Crippen molar-refractivity contribution in [3.8, 4) is 0 Å². The van der Waals surface area contributed by atoms with Crippen LogP contribution in [0.3, 0.4) is 0 Å². The summed E-state index contributed by atoms with van der Waals surface area (Å²) < 4.78 is 30.0. The maximum atomic E-state index is 14.1. The zero-order chi connectivity index (χ0) is 14.3. The molecule has 1 saturated carbocycles. The summed E-state index contributed by atoms with van der Waals surface area (Å²) in [6.07, 6.45) is 2.69. The minimum Gasteiger partial charge on any atom is -0.598 e. The minimum absolute atomic E-state index is 0.243. The van der Waals surface area contributed by atoms with Crippen LogP contribution in [0.5, 0.6) is 0 Å². The van der Waals surface area contributed by atoms with E-state index in [0.717, 1.165) is 23.7 Å². The van der Waals surface area contributed by atoms with Gasteiger partial charge in [-0.05, 0) is 52.2 Å². The summed E-state index contributed by atoms with van der Waals surface area (Å²) >= 11 is 2.07. The molecule has 1 unspecified atom stereocenters. The molecule has 19 heavy (non-hydrogen) atoms. The van der Waals surface area contributed by atoms with Gasteiger partial charge < -0.3 is 4.55 Å². The third-order valence-corrected chi connectivity index (χ3v) is 5.68. The topological polar surface area (TPSA) is 35.1 Å². The molecule has 0 aliphatic heterocycles. The highest BCUT2D eigenvalue weighted by atomic mass is 79.9. The summed E-state index contributed by atoms with van der Waals surface area (Å²) in [5.74, 6) is -0.243. The van der Waals surface area contributed by atoms with E-state index in [0.29, 0.717) is 5.56 Å². The van der Waals surface area contributed by atoms with E-state index in [9.17, 15) is 8.94 Å². The molecule has 0 radical (unpaired) electrons. The quantitative estimate of drug-likeness (QED) is 0.838. The molecule has 0 bridgehead atoms. The van der Waals surface area contributed by atoms with Gasteiger partial charge in [-0.15, -0.1) is 4.72 Å². The van der Waals surface area contributed by atoms with Crippen LogP contribution in [0, 0.1) is 5.82 Å². The lowest BCUT2D eigenvalue weighted by molar-refractivity contribution is 0.215. The van der Waals surface area contributed by atoms with Crippen LogP contribution < -0.4 is 4.72 Å². The van der Waals surface area contributed by atoms with Gasteiger partial charge in [0.25, 0.3) is 0 Å². The van der Waals surface area contributed by atoms with Gasteiger partial charge in [0.05, 0.1) is 5.54 Å². The summed E-state index contributed by atoms with van der Waals surface area (Å²) in [5.41, 5.74) is 0.155. The number of nitrogens with one attached hydrogen (secondary N) is 1. The van der Waals surface area contributed by atoms with Gasteiger partial charge >= 0.3 is 0 Å². The van der Waals surface area contributed by atoms with Crippen LogP contribution in [0.4, 0.5) is 4.39 Å². The molecular weight excluding hydrogens is 329 g/mol. The average molecular weight is 348 g/mol. The van der Waals surface area contributed by atoms with Crippen LogP contribution >= 0.6 is 15.9 Å². The summed E-state index contributed by atoms with van der Waals surface area (Å²) in [5, 5.41) is 0. The van der Waals surface area contributed by atoms with E-state index in [1.54, 1.807) is 6.07 Å². The number of rotatable bonds is 3. The molecule has 1 aliphatic carbocycles. The van der Waals surface area contributed by atoms with E-state index in [2.05, 4.69) is 20.7 Å². The van der Waals surface area contributed by atoms with E-state index in [1.165, 1.54) is 6.07 Å². The standard InChI is InChI=1S/C14H19BrFNOS/c1-13(2,3)19(18)17-14(7-4-8-14)11-6-5-10(15)9-12(11)16/h5-6,9,17H,4,7-8H2,1-3H3. The zero-order valence-electron chi connectivity index (χ0n) is 11.4. The molecular formula is C14H19BrFNOS. The fraction of sp³-hybridized carbons (Fsp3) is 0.571. The van der Waals surface area contributed by atoms with Gasteiger partial charge in [-0.3, -0.25) is 0 Å². The van der Waals surface area contributed by atoms with E-state index in [4.69, 9.17) is 0 Å². The van der Waals surface area contributed by atoms with Crippen molar-refractivity contribution in [2.45, 2.75) is 50.3 Å². The van der Waals surface area contributed by atoms with Gasteiger partial charge in [0.1, 0.15) is 10.6 Å². The Kier molecular flexibility index (Phi) is 4.31. The number of hydrogen-bond donors (Lipinski definition) is 1. The van der Waals surface area contributed by atoms with Crippen molar-refractivity contribution in [3.63, 3.8) is 0 Å². The van der Waals surface area contributed by atoms with E-state index < -0.39 is 16.9 Å². The van der Waals surface area contributed by atoms with Crippen molar-refractivity contribution in [2.75, 3.05) is 0 Å². The Morgan fingerprint density at radius 1 is 1.37 bits per heavy atom. The zero-order valence-corrected chi connectivity index (χ0v) is 13.8. The Hall–Kier alpha value is -0.100. The van der Waals surface area contributed by atoms with Gasteiger partial charge in [-0.2, -0.15) is 0 Å². The van der Waals surface area contributed by atoms with Crippen LogP contribution in [0.1, 0.15) is 45.6 Å². The highest BCUT2D eigenvalue weighted by molar-refractivity contribution is 9.10. The molecule has 1 aliphatic rings. The first kappa shape index (κ1) is 15.3. The molecule has 0 heterocycles. The lowest BCUT2D eigenvalue weighted by Crippen LogP contribution is -2.55. The predicted molar refractivity (Wildman–Crippen MR) is 80.7 cm³/mol. The first-order chi connectivity index (χ1) is 8.74. The second kappa shape index (κ2) is 5.35. The summed E-state index contributed by atoms with van der Waals surface area (Å²) in [7, 11) is 0. The van der Waals surface area contributed by atoms with E-state index in [-0.39, 0.29) is 10.6 Å². The third-order valence-electron chi connectivity index (χ3n) is 3.50. The van der Waals surface area contributed by atoms with Crippen molar-refractivity contribution >= 4 is 27.3 Å². The molecule has 0 spiro atoms. The molecule has 1 aromatic carbocycles. The van der Waals surface area contributed by atoms with E-state index in [1.807, 2.05) is 26.8 Å². The molecule has 0 aromatic heterocycles. The van der Waals surface area contributed by atoms with Gasteiger partial charge in [-0.1, -0.05) is 22.0 Å². The molecule has 1 fully saturated rings. The maximum Gasteiger partial charge on any atom is 0.136 e. The molecule has 0 amide bonds. The van der Waals surface area contributed by atoms with Crippen molar-refractivity contribution in [1.29, 1.82) is 0 Å². The van der Waals surface area contributed by atoms with Gasteiger partial charge in [-0.25, -0.2) is 4.39 Å². The van der Waals surface area contributed by atoms with Crippen molar-refractivity contribution < 1.29 is 8.94 Å². The molecule has 0 saturated heterocycles. The van der Waals surface area contributed by atoms with E-state index >= 15 is 0 Å². The lowest BCUT2D eigenvalue weighted by atomic mass is 9.72. The Labute approximate surface area is 125 Å². The Bertz CT molecular complexity index is 471. The highest BCUT2D eigenvalue weighted by Gasteiger charge is 2.46. The molecule has 1 atom stereocenters. The fourth-order valence-corrected chi connectivity index (χ4v) is 3.47. The maximum absolute atomic E-state index is 14.1. The fourth-order valence-electron chi connectivity index (χ4n) is 2.16. The smallest absolute Gasteiger partial charge is 0.136 e. The van der Waals surface area contributed by atoms with Crippen molar-refractivity contribution in [2.24, 2.45) is 0 Å². The molecule has 2 rings (SSSR count). The summed E-state index contributed by atoms with van der Waals surface area (Å²) in [6.45, 7) is 5.75. The third kappa shape index (κ3) is 3.15. The second-order valence-electron chi connectivity index (χ2n) is 6.04. The van der Waals surface area contributed by atoms with Crippen molar-refractivity contribution in [1.82, 2.24) is 4.72 Å². The van der Waals surface area contributed by atoms with Crippen LogP contribution in [0.15, 0.2) is 22.7 Å². The second-order valence-corrected chi connectivity index (χ2v) is 8.92. The van der Waals surface area contributed by atoms with Gasteiger partial charge in [0.15, 0.2) is 0 Å². The van der Waals surface area contributed by atoms with Gasteiger partial charge in [0, 0.05) is 21.4 Å². The van der Waals surface area contributed by atoms with Crippen LogP contribution in [0.2, 0.25) is 0 Å². The Morgan fingerprint density at radius 2 is 2.00 bits per heavy atom. The molecule has 2 nitrogen and oxygen atoms in total. The summed E-state index contributed by atoms with van der Waals surface area (Å²) in [4.78, 5) is 0. The minimum atomic E-state index is -1.20. The molecule has 106 valence electrons. The monoisotopic (exact) mass is 347 g/mol. The lowest BCUT2D eigenvalue weighted by Gasteiger charge is -2.44. The normalized spacial score (nSPS) is 19.9. The first-order valence-corrected chi connectivity index (χ1v) is 8.34. The number of benzene rings is 1. The predicted octanol–water partition coefficient (Wildman–Crippen LogP) is 4.02. The largest absolute Gasteiger partial charge is 0.598 e. The average Bonchev–Trinajstić information content (AvgIpc) is 2.22. The Morgan fingerprint density at radius 3 is 2.42 bits per heavy atom. The first-order valence-electron chi connectivity index (χ1n) is 6.40. The Balaban J connectivity index is 2.28. The van der Waals surface area contributed by atoms with Crippen LogP contribution in [-0.2, 0) is 16.9 Å².